The van der Waals surface area contributed by atoms with Crippen molar-refractivity contribution in [3.05, 3.63) is 18.1 Å². The lowest BCUT2D eigenvalue weighted by Gasteiger charge is -2.42. The van der Waals surface area contributed by atoms with Gasteiger partial charge in [0.1, 0.15) is 17.8 Å². The van der Waals surface area contributed by atoms with Gasteiger partial charge in [0.15, 0.2) is 0 Å². The first-order valence-corrected chi connectivity index (χ1v) is 14.3. The summed E-state index contributed by atoms with van der Waals surface area (Å²) in [6.45, 7) is 4.70. The largest absolute Gasteiger partial charge is 0.376 e. The normalized spacial score (nSPS) is 23.9. The monoisotopic (exact) mass is 494 g/mol. The molecule has 0 unspecified atom stereocenters. The molecule has 3 saturated heterocycles. The van der Waals surface area contributed by atoms with Crippen molar-refractivity contribution < 1.29 is 17.9 Å². The van der Waals surface area contributed by atoms with Gasteiger partial charge in [0.05, 0.1) is 12.4 Å². The van der Waals surface area contributed by atoms with Gasteiger partial charge in [-0.1, -0.05) is 0 Å². The molecule has 3 fully saturated rings. The average Bonchev–Trinajstić information content (AvgIpc) is 2.87. The van der Waals surface area contributed by atoms with E-state index in [-0.39, 0.29) is 18.1 Å². The standard InChI is InChI=1S/C23H38N6O4S/c1-27(34(2,31)32)18-6-10-28(11-7-18)19-8-12-29(13-9-19)23(30)21-15-22(26-17-25-21)24-16-20-5-3-4-14-33-20/h15,17-20H,3-14,16H2,1-2H3,(H,24,25,26)/t20-/m1/s1. The van der Waals surface area contributed by atoms with E-state index in [0.29, 0.717) is 37.2 Å². The number of hydrogen-bond donors (Lipinski definition) is 1. The van der Waals surface area contributed by atoms with Crippen molar-refractivity contribution in [3.8, 4) is 0 Å². The molecule has 3 aliphatic rings. The highest BCUT2D eigenvalue weighted by molar-refractivity contribution is 7.88. The first-order chi connectivity index (χ1) is 16.3. The number of sulfonamides is 1. The molecule has 1 aromatic rings. The minimum Gasteiger partial charge on any atom is -0.376 e. The van der Waals surface area contributed by atoms with Crippen LogP contribution in [0.25, 0.3) is 0 Å². The molecule has 0 bridgehead atoms. The van der Waals surface area contributed by atoms with Crippen LogP contribution in [0.4, 0.5) is 5.82 Å². The molecule has 0 spiro atoms. The highest BCUT2D eigenvalue weighted by Gasteiger charge is 2.32. The number of nitrogens with one attached hydrogen (secondary N) is 1. The quantitative estimate of drug-likeness (QED) is 0.606. The Morgan fingerprint density at radius 3 is 2.50 bits per heavy atom. The molecule has 0 radical (unpaired) electrons. The summed E-state index contributed by atoms with van der Waals surface area (Å²) in [4.78, 5) is 25.9. The summed E-state index contributed by atoms with van der Waals surface area (Å²) in [6, 6.07) is 2.25. The fourth-order valence-corrected chi connectivity index (χ4v) is 5.99. The van der Waals surface area contributed by atoms with E-state index in [2.05, 4.69) is 20.2 Å². The fourth-order valence-electron chi connectivity index (χ4n) is 5.24. The van der Waals surface area contributed by atoms with Crippen LogP contribution in [-0.2, 0) is 14.8 Å². The second kappa shape index (κ2) is 11.3. The van der Waals surface area contributed by atoms with Crippen molar-refractivity contribution in [2.45, 2.75) is 63.1 Å². The van der Waals surface area contributed by atoms with E-state index in [9.17, 15) is 13.2 Å². The number of aromatic nitrogens is 2. The second-order valence-electron chi connectivity index (χ2n) is 9.73. The first-order valence-electron chi connectivity index (χ1n) is 12.4. The molecule has 190 valence electrons. The van der Waals surface area contributed by atoms with Gasteiger partial charge in [0, 0.05) is 51.4 Å². The third-order valence-corrected chi connectivity index (χ3v) is 8.82. The minimum atomic E-state index is -3.15. The van der Waals surface area contributed by atoms with Crippen LogP contribution in [0.3, 0.4) is 0 Å². The SMILES string of the molecule is CN(C1CCN(C2CCN(C(=O)c3cc(NC[C@H]4CCCCO4)ncn3)CC2)CC1)S(C)(=O)=O. The molecule has 10 nitrogen and oxygen atoms in total. The number of rotatable bonds is 7. The van der Waals surface area contributed by atoms with Crippen LogP contribution in [0.5, 0.6) is 0 Å². The first kappa shape index (κ1) is 25.3. The number of ether oxygens (including phenoxy) is 1. The molecule has 0 saturated carbocycles. The highest BCUT2D eigenvalue weighted by Crippen LogP contribution is 2.24. The van der Waals surface area contributed by atoms with E-state index >= 15 is 0 Å². The lowest BCUT2D eigenvalue weighted by Crippen LogP contribution is -2.52. The van der Waals surface area contributed by atoms with Crippen molar-refractivity contribution in [2.24, 2.45) is 0 Å². The van der Waals surface area contributed by atoms with Crippen LogP contribution in [0.15, 0.2) is 12.4 Å². The number of carbonyl (C=O) groups excluding carboxylic acids is 1. The fraction of sp³-hybridized carbons (Fsp3) is 0.783. The molecule has 1 aromatic heterocycles. The summed E-state index contributed by atoms with van der Waals surface area (Å²) in [5, 5.41) is 3.29. The minimum absolute atomic E-state index is 0.0497. The van der Waals surface area contributed by atoms with E-state index in [1.54, 1.807) is 13.1 Å². The Kier molecular flexibility index (Phi) is 8.39. The number of likely N-dealkylation sites (tertiary alicyclic amines) is 2. The Hall–Kier alpha value is -1.82. The lowest BCUT2D eigenvalue weighted by atomic mass is 9.97. The number of piperidine rings is 2. The van der Waals surface area contributed by atoms with Gasteiger partial charge in [-0.2, -0.15) is 0 Å². The van der Waals surface area contributed by atoms with E-state index < -0.39 is 10.0 Å². The van der Waals surface area contributed by atoms with Crippen LogP contribution in [0.1, 0.15) is 55.4 Å². The summed E-state index contributed by atoms with van der Waals surface area (Å²) in [6.07, 6.45) is 9.82. The van der Waals surface area contributed by atoms with Gasteiger partial charge in [-0.3, -0.25) is 4.79 Å². The smallest absolute Gasteiger partial charge is 0.272 e. The zero-order valence-corrected chi connectivity index (χ0v) is 21.2. The molecule has 1 atom stereocenters. The van der Waals surface area contributed by atoms with Crippen molar-refractivity contribution in [1.82, 2.24) is 24.1 Å². The zero-order valence-electron chi connectivity index (χ0n) is 20.4. The zero-order chi connectivity index (χ0) is 24.1. The van der Waals surface area contributed by atoms with Gasteiger partial charge >= 0.3 is 0 Å². The number of hydrogen-bond acceptors (Lipinski definition) is 8. The van der Waals surface area contributed by atoms with Crippen molar-refractivity contribution >= 4 is 21.7 Å². The van der Waals surface area contributed by atoms with Crippen LogP contribution in [0.2, 0.25) is 0 Å². The molecular weight excluding hydrogens is 456 g/mol. The van der Waals surface area contributed by atoms with Crippen molar-refractivity contribution in [2.75, 3.05) is 58.0 Å². The maximum absolute atomic E-state index is 13.1. The number of anilines is 1. The molecule has 0 aliphatic carbocycles. The van der Waals surface area contributed by atoms with Crippen molar-refractivity contribution in [3.63, 3.8) is 0 Å². The lowest BCUT2D eigenvalue weighted by molar-refractivity contribution is 0.0247. The summed E-state index contributed by atoms with van der Waals surface area (Å²) in [7, 11) is -1.47. The molecule has 1 amide bonds. The third kappa shape index (κ3) is 6.44. The molecular formula is C23H38N6O4S. The van der Waals surface area contributed by atoms with E-state index in [1.165, 1.54) is 23.3 Å². The molecule has 34 heavy (non-hydrogen) atoms. The molecule has 0 aromatic carbocycles. The van der Waals surface area contributed by atoms with Crippen LogP contribution in [0, 0.1) is 0 Å². The average molecular weight is 495 g/mol. The predicted octanol–water partition coefficient (Wildman–Crippen LogP) is 1.42. The van der Waals surface area contributed by atoms with Gasteiger partial charge < -0.3 is 19.9 Å². The van der Waals surface area contributed by atoms with E-state index in [4.69, 9.17) is 4.74 Å². The molecule has 4 rings (SSSR count). The van der Waals surface area contributed by atoms with E-state index in [1.807, 2.05) is 4.90 Å². The summed E-state index contributed by atoms with van der Waals surface area (Å²) < 4.78 is 30.9. The molecule has 11 heteroatoms. The molecule has 4 heterocycles. The maximum atomic E-state index is 13.1. The number of nitrogens with zero attached hydrogens (tertiary/aromatic N) is 5. The summed E-state index contributed by atoms with van der Waals surface area (Å²) in [5.74, 6) is 0.607. The topological polar surface area (TPSA) is 108 Å². The molecule has 1 N–H and O–H groups in total. The van der Waals surface area contributed by atoms with Gasteiger partial charge in [-0.15, -0.1) is 0 Å². The van der Waals surface area contributed by atoms with Gasteiger partial charge in [0.25, 0.3) is 5.91 Å². The maximum Gasteiger partial charge on any atom is 0.272 e. The Balaban J connectivity index is 1.24. The van der Waals surface area contributed by atoms with Crippen LogP contribution in [-0.4, -0.2) is 109 Å². The number of carbonyl (C=O) groups is 1. The van der Waals surface area contributed by atoms with Gasteiger partial charge in [0.2, 0.25) is 10.0 Å². The van der Waals surface area contributed by atoms with Crippen LogP contribution < -0.4 is 5.32 Å². The Bertz CT molecular complexity index is 923. The number of amides is 1. The van der Waals surface area contributed by atoms with E-state index in [0.717, 1.165) is 58.2 Å². The summed E-state index contributed by atoms with van der Waals surface area (Å²) in [5.41, 5.74) is 0.421. The third-order valence-electron chi connectivity index (χ3n) is 7.48. The second-order valence-corrected chi connectivity index (χ2v) is 11.8. The predicted molar refractivity (Wildman–Crippen MR) is 130 cm³/mol. The van der Waals surface area contributed by atoms with Crippen molar-refractivity contribution in [1.29, 1.82) is 0 Å². The van der Waals surface area contributed by atoms with Gasteiger partial charge in [-0.25, -0.2) is 22.7 Å². The Morgan fingerprint density at radius 1 is 1.12 bits per heavy atom. The van der Waals surface area contributed by atoms with Gasteiger partial charge in [-0.05, 0) is 58.0 Å². The summed E-state index contributed by atoms with van der Waals surface area (Å²) >= 11 is 0. The molecule has 3 aliphatic heterocycles. The Labute approximate surface area is 203 Å². The highest BCUT2D eigenvalue weighted by atomic mass is 32.2. The Morgan fingerprint density at radius 2 is 1.85 bits per heavy atom. The van der Waals surface area contributed by atoms with Crippen LogP contribution >= 0.6 is 0 Å².